The maximum atomic E-state index is 14.0. The highest BCUT2D eigenvalue weighted by atomic mass is 19.4. The van der Waals surface area contributed by atoms with E-state index in [-0.39, 0.29) is 11.4 Å². The van der Waals surface area contributed by atoms with Crippen LogP contribution in [-0.4, -0.2) is 22.7 Å². The maximum Gasteiger partial charge on any atom is 0.416 e. The van der Waals surface area contributed by atoms with Crippen molar-refractivity contribution in [3.8, 4) is 11.1 Å². The largest absolute Gasteiger partial charge is 0.416 e. The molecule has 4 rings (SSSR count). The van der Waals surface area contributed by atoms with E-state index in [0.29, 0.717) is 22.5 Å². The van der Waals surface area contributed by atoms with Gasteiger partial charge < -0.3 is 14.9 Å². The minimum atomic E-state index is -4.53. The first-order chi connectivity index (χ1) is 15.9. The number of hydrogen-bond donors (Lipinski definition) is 1. The fourth-order valence-electron chi connectivity index (χ4n) is 4.35. The lowest BCUT2D eigenvalue weighted by Gasteiger charge is -2.35. The number of alkyl halides is 3. The van der Waals surface area contributed by atoms with Gasteiger partial charge in [0.2, 0.25) is 0 Å². The Bertz CT molecular complexity index is 1230. The highest BCUT2D eigenvalue weighted by molar-refractivity contribution is 5.68. The molecule has 7 heteroatoms. The summed E-state index contributed by atoms with van der Waals surface area (Å²) in [7, 11) is 1.67. The lowest BCUT2D eigenvalue weighted by Crippen LogP contribution is -2.36. The number of anilines is 1. The second-order valence-electron chi connectivity index (χ2n) is 9.06. The third-order valence-electron chi connectivity index (χ3n) is 6.11. The predicted molar refractivity (Wildman–Crippen MR) is 125 cm³/mol. The Morgan fingerprint density at radius 3 is 2.09 bits per heavy atom. The van der Waals surface area contributed by atoms with E-state index < -0.39 is 23.5 Å². The van der Waals surface area contributed by atoms with Crippen molar-refractivity contribution in [3.05, 3.63) is 101 Å². The zero-order valence-corrected chi connectivity index (χ0v) is 19.4. The van der Waals surface area contributed by atoms with Crippen molar-refractivity contribution < 1.29 is 22.7 Å². The van der Waals surface area contributed by atoms with Gasteiger partial charge in [-0.05, 0) is 61.7 Å². The fraction of sp³-hybridized carbons (Fsp3) is 0.259. The molecule has 34 heavy (non-hydrogen) atoms. The number of benzene rings is 3. The summed E-state index contributed by atoms with van der Waals surface area (Å²) in [6.07, 6.45) is -3.67. The number of halogens is 4. The van der Waals surface area contributed by atoms with Gasteiger partial charge in [-0.15, -0.1) is 0 Å². The molecule has 3 aromatic carbocycles. The number of aliphatic hydroxyl groups is 1. The summed E-state index contributed by atoms with van der Waals surface area (Å²) in [6.45, 7) is 4.89. The summed E-state index contributed by atoms with van der Waals surface area (Å²) in [6, 6.07) is 17.6. The molecule has 3 nitrogen and oxygen atoms in total. The molecule has 1 heterocycles. The van der Waals surface area contributed by atoms with E-state index >= 15 is 0 Å². The van der Waals surface area contributed by atoms with Crippen molar-refractivity contribution in [2.75, 3.05) is 11.9 Å². The highest BCUT2D eigenvalue weighted by Gasteiger charge is 2.42. The molecule has 0 fully saturated rings. The van der Waals surface area contributed by atoms with E-state index in [1.807, 2.05) is 18.2 Å². The van der Waals surface area contributed by atoms with Crippen LogP contribution in [0.1, 0.15) is 36.7 Å². The normalized spacial score (nSPS) is 16.7. The van der Waals surface area contributed by atoms with Crippen molar-refractivity contribution in [1.82, 2.24) is 4.90 Å². The Morgan fingerprint density at radius 1 is 0.882 bits per heavy atom. The Labute approximate surface area is 196 Å². The Morgan fingerprint density at radius 2 is 1.50 bits per heavy atom. The number of rotatable bonds is 4. The molecule has 178 valence electrons. The number of nitrogens with zero attached hydrogens (tertiary/aromatic N) is 2. The number of hydrogen-bond acceptors (Lipinski definition) is 3. The maximum absolute atomic E-state index is 14.0. The third kappa shape index (κ3) is 4.40. The molecular formula is C27H26F4N2O. The van der Waals surface area contributed by atoms with Crippen LogP contribution in [-0.2, 0) is 6.18 Å². The Hall–Kier alpha value is -3.32. The van der Waals surface area contributed by atoms with Gasteiger partial charge >= 0.3 is 6.18 Å². The van der Waals surface area contributed by atoms with Gasteiger partial charge in [-0.25, -0.2) is 4.39 Å². The molecule has 0 saturated heterocycles. The minimum absolute atomic E-state index is 0.0812. The fourth-order valence-corrected chi connectivity index (χ4v) is 4.35. The van der Waals surface area contributed by atoms with Crippen LogP contribution in [0.3, 0.4) is 0 Å². The predicted octanol–water partition coefficient (Wildman–Crippen LogP) is 6.88. The van der Waals surface area contributed by atoms with Gasteiger partial charge in [-0.1, -0.05) is 42.5 Å². The van der Waals surface area contributed by atoms with Crippen LogP contribution >= 0.6 is 0 Å². The molecule has 1 N–H and O–H groups in total. The van der Waals surface area contributed by atoms with Crippen LogP contribution in [0.15, 0.2) is 78.6 Å². The lowest BCUT2D eigenvalue weighted by molar-refractivity contribution is -0.138. The average molecular weight is 471 g/mol. The first-order valence-electron chi connectivity index (χ1n) is 10.9. The van der Waals surface area contributed by atoms with E-state index in [9.17, 15) is 22.7 Å². The summed E-state index contributed by atoms with van der Waals surface area (Å²) in [4.78, 5) is 3.38. The summed E-state index contributed by atoms with van der Waals surface area (Å²) in [5.74, 6) is -0.302. The molecule has 1 unspecified atom stereocenters. The molecule has 1 aliphatic heterocycles. The molecule has 0 amide bonds. The quantitative estimate of drug-likeness (QED) is 0.421. The molecular weight excluding hydrogens is 444 g/mol. The summed E-state index contributed by atoms with van der Waals surface area (Å²) >= 11 is 0. The zero-order chi connectivity index (χ0) is 24.8. The minimum Gasteiger partial charge on any atom is -0.384 e. The van der Waals surface area contributed by atoms with Crippen LogP contribution in [0.4, 0.5) is 23.2 Å². The summed E-state index contributed by atoms with van der Waals surface area (Å²) < 4.78 is 55.6. The van der Waals surface area contributed by atoms with E-state index in [1.165, 1.54) is 18.2 Å². The number of likely N-dealkylation sites (N-methyl/N-ethyl adjacent to an activating group) is 1. The lowest BCUT2D eigenvalue weighted by atomic mass is 10.0. The van der Waals surface area contributed by atoms with Crippen molar-refractivity contribution in [2.24, 2.45) is 0 Å². The van der Waals surface area contributed by atoms with Crippen LogP contribution in [0.2, 0.25) is 0 Å². The van der Waals surface area contributed by atoms with Crippen molar-refractivity contribution in [1.29, 1.82) is 0 Å². The molecule has 0 spiro atoms. The van der Waals surface area contributed by atoms with E-state index in [1.54, 1.807) is 68.1 Å². The van der Waals surface area contributed by atoms with Crippen LogP contribution in [0.25, 0.3) is 11.1 Å². The monoisotopic (exact) mass is 470 g/mol. The topological polar surface area (TPSA) is 26.7 Å². The van der Waals surface area contributed by atoms with Gasteiger partial charge in [-0.2, -0.15) is 13.2 Å². The van der Waals surface area contributed by atoms with Gasteiger partial charge in [0.05, 0.1) is 11.3 Å². The number of aryl methyl sites for hydroxylation is 1. The molecule has 0 saturated carbocycles. The van der Waals surface area contributed by atoms with E-state index in [2.05, 4.69) is 0 Å². The molecule has 3 aromatic rings. The van der Waals surface area contributed by atoms with Crippen molar-refractivity contribution >= 4 is 5.69 Å². The van der Waals surface area contributed by atoms with E-state index in [4.69, 9.17) is 0 Å². The SMILES string of the molecule is Cc1ccc(-c2ccc(N3C=C(C(C)(C)O)N(C)C3c3ccccc3C(F)(F)F)cc2)cc1F. The molecule has 0 aromatic heterocycles. The zero-order valence-electron chi connectivity index (χ0n) is 19.4. The molecule has 1 atom stereocenters. The van der Waals surface area contributed by atoms with Crippen LogP contribution in [0, 0.1) is 12.7 Å². The first-order valence-corrected chi connectivity index (χ1v) is 10.9. The van der Waals surface area contributed by atoms with Crippen LogP contribution < -0.4 is 4.90 Å². The smallest absolute Gasteiger partial charge is 0.384 e. The van der Waals surface area contributed by atoms with Crippen molar-refractivity contribution in [3.63, 3.8) is 0 Å². The standard InChI is InChI=1S/C27H26F4N2O/c1-17-9-10-19(15-23(17)28)18-11-13-20(14-12-18)33-16-24(26(2,3)34)32(4)25(33)21-7-5-6-8-22(21)27(29,30)31/h5-16,25,34H,1-4H3. The molecule has 0 bridgehead atoms. The van der Waals surface area contributed by atoms with E-state index in [0.717, 1.165) is 11.6 Å². The first kappa shape index (κ1) is 23.8. The average Bonchev–Trinajstić information content (AvgIpc) is 3.12. The van der Waals surface area contributed by atoms with Gasteiger partial charge in [0, 0.05) is 24.5 Å². The van der Waals surface area contributed by atoms with Crippen LogP contribution in [0.5, 0.6) is 0 Å². The van der Waals surface area contributed by atoms with Gasteiger partial charge in [0.15, 0.2) is 0 Å². The van der Waals surface area contributed by atoms with Gasteiger partial charge in [0.1, 0.15) is 17.6 Å². The summed E-state index contributed by atoms with van der Waals surface area (Å²) in [5.41, 5.74) is 1.26. The molecule has 0 radical (unpaired) electrons. The van der Waals surface area contributed by atoms with Crippen molar-refractivity contribution in [2.45, 2.75) is 38.7 Å². The summed E-state index contributed by atoms with van der Waals surface area (Å²) in [5, 5.41) is 10.7. The third-order valence-corrected chi connectivity index (χ3v) is 6.11. The Balaban J connectivity index is 1.79. The second-order valence-corrected chi connectivity index (χ2v) is 9.06. The highest BCUT2D eigenvalue weighted by Crippen LogP contribution is 2.45. The van der Waals surface area contributed by atoms with Gasteiger partial charge in [0.25, 0.3) is 0 Å². The molecule has 0 aliphatic carbocycles. The Kier molecular flexibility index (Phi) is 5.94. The second kappa shape index (κ2) is 8.47. The molecule has 1 aliphatic rings. The van der Waals surface area contributed by atoms with Gasteiger partial charge in [-0.3, -0.25) is 0 Å².